The summed E-state index contributed by atoms with van der Waals surface area (Å²) in [5.41, 5.74) is 5.51. The second kappa shape index (κ2) is 3.30. The molecule has 0 saturated carbocycles. The van der Waals surface area contributed by atoms with Crippen LogP contribution in [-0.4, -0.2) is 48.1 Å². The van der Waals surface area contributed by atoms with Gasteiger partial charge in [-0.05, 0) is 19.4 Å². The molecule has 4 nitrogen and oxygen atoms in total. The van der Waals surface area contributed by atoms with E-state index >= 15 is 0 Å². The van der Waals surface area contributed by atoms with Crippen LogP contribution < -0.4 is 5.73 Å². The lowest BCUT2D eigenvalue weighted by Crippen LogP contribution is -2.40. The molecule has 3 atom stereocenters. The summed E-state index contributed by atoms with van der Waals surface area (Å²) in [6.07, 6.45) is 2.05. The number of epoxide rings is 1. The third-order valence-corrected chi connectivity index (χ3v) is 2.54. The molecule has 0 amide bonds. The highest BCUT2D eigenvalue weighted by Gasteiger charge is 2.37. The molecule has 2 fully saturated rings. The number of rotatable bonds is 2. The molecule has 2 heterocycles. The zero-order valence-corrected chi connectivity index (χ0v) is 7.15. The standard InChI is InChI=1S/C8H16N2O2/c9-8-7(12-8)5-10-3-1-2-6(11)4-10/h6-8,11H,1-5,9H2. The van der Waals surface area contributed by atoms with E-state index in [1.807, 2.05) is 0 Å². The van der Waals surface area contributed by atoms with Crippen LogP contribution in [0.4, 0.5) is 0 Å². The zero-order valence-electron chi connectivity index (χ0n) is 7.15. The summed E-state index contributed by atoms with van der Waals surface area (Å²) in [6, 6.07) is 0. The van der Waals surface area contributed by atoms with Gasteiger partial charge in [0, 0.05) is 13.1 Å². The van der Waals surface area contributed by atoms with Crippen molar-refractivity contribution in [2.75, 3.05) is 19.6 Å². The van der Waals surface area contributed by atoms with Crippen LogP contribution in [0.5, 0.6) is 0 Å². The minimum absolute atomic E-state index is 0.0518. The van der Waals surface area contributed by atoms with Gasteiger partial charge in [0.1, 0.15) is 12.3 Å². The first kappa shape index (κ1) is 8.44. The van der Waals surface area contributed by atoms with E-state index in [-0.39, 0.29) is 18.4 Å². The van der Waals surface area contributed by atoms with Gasteiger partial charge in [0.05, 0.1) is 6.10 Å². The molecule has 3 N–H and O–H groups in total. The van der Waals surface area contributed by atoms with Gasteiger partial charge in [-0.15, -0.1) is 0 Å². The van der Waals surface area contributed by atoms with Gasteiger partial charge in [-0.25, -0.2) is 0 Å². The lowest BCUT2D eigenvalue weighted by atomic mass is 10.1. The minimum Gasteiger partial charge on any atom is -0.392 e. The van der Waals surface area contributed by atoms with E-state index in [0.29, 0.717) is 0 Å². The fourth-order valence-corrected chi connectivity index (χ4v) is 1.75. The number of aliphatic hydroxyl groups is 1. The van der Waals surface area contributed by atoms with Gasteiger partial charge in [-0.2, -0.15) is 0 Å². The smallest absolute Gasteiger partial charge is 0.134 e. The minimum atomic E-state index is -0.145. The normalized spacial score (nSPS) is 43.0. The summed E-state index contributed by atoms with van der Waals surface area (Å²) in [5.74, 6) is 0. The summed E-state index contributed by atoms with van der Waals surface area (Å²) in [6.45, 7) is 2.74. The Labute approximate surface area is 72.3 Å². The Morgan fingerprint density at radius 3 is 2.92 bits per heavy atom. The number of hydrogen-bond acceptors (Lipinski definition) is 4. The first-order valence-corrected chi connectivity index (χ1v) is 4.57. The van der Waals surface area contributed by atoms with Crippen molar-refractivity contribution < 1.29 is 9.84 Å². The monoisotopic (exact) mass is 172 g/mol. The number of likely N-dealkylation sites (tertiary alicyclic amines) is 1. The van der Waals surface area contributed by atoms with Crippen LogP contribution in [0.3, 0.4) is 0 Å². The SMILES string of the molecule is NC1OC1CN1CCCC(O)C1. The molecule has 2 aliphatic rings. The fourth-order valence-electron chi connectivity index (χ4n) is 1.75. The number of nitrogens with zero attached hydrogens (tertiary/aromatic N) is 1. The van der Waals surface area contributed by atoms with Crippen LogP contribution in [0.2, 0.25) is 0 Å². The molecule has 0 radical (unpaired) electrons. The number of hydrogen-bond donors (Lipinski definition) is 2. The van der Waals surface area contributed by atoms with Crippen LogP contribution in [0.25, 0.3) is 0 Å². The lowest BCUT2D eigenvalue weighted by Gasteiger charge is -2.29. The van der Waals surface area contributed by atoms with Crippen molar-refractivity contribution >= 4 is 0 Å². The average Bonchev–Trinajstić information content (AvgIpc) is 2.66. The Hall–Kier alpha value is -0.160. The summed E-state index contributed by atoms with van der Waals surface area (Å²) < 4.78 is 5.11. The zero-order chi connectivity index (χ0) is 8.55. The Morgan fingerprint density at radius 1 is 1.58 bits per heavy atom. The molecule has 0 bridgehead atoms. The van der Waals surface area contributed by atoms with Crippen molar-refractivity contribution in [3.8, 4) is 0 Å². The Balaban J connectivity index is 1.72. The van der Waals surface area contributed by atoms with Crippen molar-refractivity contribution in [1.29, 1.82) is 0 Å². The largest absolute Gasteiger partial charge is 0.392 e. The Bertz CT molecular complexity index is 165. The molecule has 3 unspecified atom stereocenters. The molecular formula is C8H16N2O2. The van der Waals surface area contributed by atoms with E-state index in [0.717, 1.165) is 32.5 Å². The van der Waals surface area contributed by atoms with Gasteiger partial charge in [-0.1, -0.05) is 0 Å². The van der Waals surface area contributed by atoms with E-state index < -0.39 is 0 Å². The van der Waals surface area contributed by atoms with E-state index in [1.54, 1.807) is 0 Å². The van der Waals surface area contributed by atoms with Crippen molar-refractivity contribution in [1.82, 2.24) is 4.90 Å². The third-order valence-electron chi connectivity index (χ3n) is 2.54. The van der Waals surface area contributed by atoms with Crippen LogP contribution >= 0.6 is 0 Å². The highest BCUT2D eigenvalue weighted by atomic mass is 16.6. The van der Waals surface area contributed by atoms with Crippen molar-refractivity contribution in [2.45, 2.75) is 31.3 Å². The van der Waals surface area contributed by atoms with Crippen molar-refractivity contribution in [3.05, 3.63) is 0 Å². The van der Waals surface area contributed by atoms with Crippen LogP contribution in [0, 0.1) is 0 Å². The molecule has 0 aliphatic carbocycles. The van der Waals surface area contributed by atoms with Crippen LogP contribution in [0.15, 0.2) is 0 Å². The van der Waals surface area contributed by atoms with Gasteiger partial charge < -0.3 is 15.6 Å². The second-order valence-electron chi connectivity index (χ2n) is 3.69. The van der Waals surface area contributed by atoms with E-state index in [1.165, 1.54) is 0 Å². The molecule has 70 valence electrons. The first-order chi connectivity index (χ1) is 5.75. The molecule has 2 aliphatic heterocycles. The number of β-amino-alcohol motifs (C(OH)–C–C–N with tert-alkyl or cyclic N) is 1. The molecule has 0 spiro atoms. The topological polar surface area (TPSA) is 62.0 Å². The second-order valence-corrected chi connectivity index (χ2v) is 3.69. The maximum absolute atomic E-state index is 9.37. The molecule has 0 aromatic rings. The number of aliphatic hydroxyl groups excluding tert-OH is 1. The lowest BCUT2D eigenvalue weighted by molar-refractivity contribution is 0.0670. The average molecular weight is 172 g/mol. The van der Waals surface area contributed by atoms with Crippen LogP contribution in [-0.2, 0) is 4.74 Å². The molecule has 0 aromatic heterocycles. The Morgan fingerprint density at radius 2 is 2.33 bits per heavy atom. The van der Waals surface area contributed by atoms with Gasteiger partial charge in [0.15, 0.2) is 0 Å². The number of ether oxygens (including phenoxy) is 1. The van der Waals surface area contributed by atoms with E-state index in [2.05, 4.69) is 4.90 Å². The molecule has 2 saturated heterocycles. The fraction of sp³-hybridized carbons (Fsp3) is 1.00. The summed E-state index contributed by atoms with van der Waals surface area (Å²) in [4.78, 5) is 2.23. The van der Waals surface area contributed by atoms with Gasteiger partial charge in [0.2, 0.25) is 0 Å². The predicted molar refractivity (Wildman–Crippen MR) is 44.5 cm³/mol. The summed E-state index contributed by atoms with van der Waals surface area (Å²) in [5, 5.41) is 9.37. The molecule has 12 heavy (non-hydrogen) atoms. The molecule has 0 aromatic carbocycles. The third kappa shape index (κ3) is 1.95. The van der Waals surface area contributed by atoms with Gasteiger partial charge >= 0.3 is 0 Å². The van der Waals surface area contributed by atoms with Crippen molar-refractivity contribution in [2.24, 2.45) is 5.73 Å². The Kier molecular flexibility index (Phi) is 2.32. The van der Waals surface area contributed by atoms with Crippen LogP contribution in [0.1, 0.15) is 12.8 Å². The summed E-state index contributed by atoms with van der Waals surface area (Å²) >= 11 is 0. The quantitative estimate of drug-likeness (QED) is 0.531. The maximum Gasteiger partial charge on any atom is 0.134 e. The van der Waals surface area contributed by atoms with Crippen molar-refractivity contribution in [3.63, 3.8) is 0 Å². The number of nitrogens with two attached hydrogens (primary N) is 1. The molecule has 2 rings (SSSR count). The highest BCUT2D eigenvalue weighted by Crippen LogP contribution is 2.19. The maximum atomic E-state index is 9.37. The van der Waals surface area contributed by atoms with Gasteiger partial charge in [-0.3, -0.25) is 4.90 Å². The first-order valence-electron chi connectivity index (χ1n) is 4.57. The molecule has 4 heteroatoms. The van der Waals surface area contributed by atoms with E-state index in [4.69, 9.17) is 10.5 Å². The van der Waals surface area contributed by atoms with E-state index in [9.17, 15) is 5.11 Å². The number of piperidine rings is 1. The summed E-state index contributed by atoms with van der Waals surface area (Å²) in [7, 11) is 0. The molecular weight excluding hydrogens is 156 g/mol. The highest BCUT2D eigenvalue weighted by molar-refractivity contribution is 4.84. The van der Waals surface area contributed by atoms with Gasteiger partial charge in [0.25, 0.3) is 0 Å². The predicted octanol–water partition coefficient (Wildman–Crippen LogP) is -0.873.